The van der Waals surface area contributed by atoms with E-state index < -0.39 is 7.29 Å². The summed E-state index contributed by atoms with van der Waals surface area (Å²) in [6.45, 7) is 3.15. The molecule has 0 aromatic carbocycles. The molecule has 2 N–H and O–H groups in total. The van der Waals surface area contributed by atoms with Crippen molar-refractivity contribution in [2.75, 3.05) is 27.4 Å². The van der Waals surface area contributed by atoms with Gasteiger partial charge in [0.2, 0.25) is 0 Å². The van der Waals surface area contributed by atoms with Crippen molar-refractivity contribution in [3.63, 3.8) is 0 Å². The minimum absolute atomic E-state index is 0.313. The maximum absolute atomic E-state index is 11.0. The van der Waals surface area contributed by atoms with E-state index in [9.17, 15) is 4.57 Å². The van der Waals surface area contributed by atoms with E-state index >= 15 is 0 Å². The second-order valence-electron chi connectivity index (χ2n) is 2.65. The van der Waals surface area contributed by atoms with Crippen LogP contribution in [0, 0.1) is 0 Å². The Morgan fingerprint density at radius 2 is 1.90 bits per heavy atom. The van der Waals surface area contributed by atoms with Gasteiger partial charge >= 0.3 is 0 Å². The number of nitrogens with zero attached hydrogens (tertiary/aromatic N) is 2. The minimum atomic E-state index is -2.35. The summed E-state index contributed by atoms with van der Waals surface area (Å²) in [6.07, 6.45) is 0. The molecule has 0 aliphatic carbocycles. The Hall–Kier alpha value is -0.500. The normalized spacial score (nSPS) is 13.4. The number of nitrogens with two attached hydrogens (primary N) is 1. The molecule has 60 valence electrons. The second-order valence-corrected chi connectivity index (χ2v) is 5.43. The summed E-state index contributed by atoms with van der Waals surface area (Å²) in [6, 6.07) is 0. The molecule has 0 aromatic rings. The monoisotopic (exact) mass is 163 g/mol. The van der Waals surface area contributed by atoms with Crippen molar-refractivity contribution in [2.24, 2.45) is 10.5 Å². The molecule has 10 heavy (non-hydrogen) atoms. The van der Waals surface area contributed by atoms with E-state index in [1.54, 1.807) is 32.3 Å². The van der Waals surface area contributed by atoms with Gasteiger partial charge in [-0.2, -0.15) is 4.76 Å². The van der Waals surface area contributed by atoms with Crippen LogP contribution >= 0.6 is 7.29 Å². The summed E-state index contributed by atoms with van der Waals surface area (Å²) in [5.74, 6) is 0.313. The van der Waals surface area contributed by atoms with Crippen LogP contribution < -0.4 is 5.73 Å². The van der Waals surface area contributed by atoms with Crippen LogP contribution in [-0.2, 0) is 4.57 Å². The molecule has 0 aliphatic heterocycles. The Labute approximate surface area is 61.5 Å². The Bertz CT molecular complexity index is 181. The Morgan fingerprint density at radius 3 is 2.00 bits per heavy atom. The molecule has 0 atom stereocenters. The zero-order valence-corrected chi connectivity index (χ0v) is 7.72. The molecule has 0 unspecified atom stereocenters. The van der Waals surface area contributed by atoms with Gasteiger partial charge in [0.05, 0.1) is 0 Å². The van der Waals surface area contributed by atoms with Crippen molar-refractivity contribution in [1.82, 2.24) is 4.90 Å². The van der Waals surface area contributed by atoms with Crippen LogP contribution in [0.2, 0.25) is 0 Å². The molecule has 0 radical (unpaired) electrons. The largest absolute Gasteiger partial charge is 0.370 e. The molecular formula is C5H14N3OP. The van der Waals surface area contributed by atoms with Crippen molar-refractivity contribution in [3.05, 3.63) is 0 Å². The van der Waals surface area contributed by atoms with E-state index in [0.717, 1.165) is 0 Å². The van der Waals surface area contributed by atoms with Gasteiger partial charge in [0.15, 0.2) is 13.3 Å². The average molecular weight is 163 g/mol. The first-order valence-electron chi connectivity index (χ1n) is 2.91. The van der Waals surface area contributed by atoms with E-state index in [1.807, 2.05) is 0 Å². The lowest BCUT2D eigenvalue weighted by Crippen LogP contribution is -2.29. The number of guanidine groups is 1. The van der Waals surface area contributed by atoms with Crippen molar-refractivity contribution >= 4 is 13.3 Å². The fourth-order valence-electron chi connectivity index (χ4n) is 0.336. The first-order valence-corrected chi connectivity index (χ1v) is 5.46. The summed E-state index contributed by atoms with van der Waals surface area (Å²) in [7, 11) is 1.16. The summed E-state index contributed by atoms with van der Waals surface area (Å²) < 4.78 is 14.8. The predicted molar refractivity (Wildman–Crippen MR) is 44.8 cm³/mol. The maximum atomic E-state index is 11.0. The smallest absolute Gasteiger partial charge is 0.197 e. The Morgan fingerprint density at radius 1 is 1.50 bits per heavy atom. The lowest BCUT2D eigenvalue weighted by molar-refractivity contribution is 0.579. The van der Waals surface area contributed by atoms with E-state index in [-0.39, 0.29) is 0 Å². The van der Waals surface area contributed by atoms with Crippen molar-refractivity contribution in [2.45, 2.75) is 0 Å². The quantitative estimate of drug-likeness (QED) is 0.346. The van der Waals surface area contributed by atoms with E-state index in [1.165, 1.54) is 0 Å². The number of rotatable bonds is 1. The van der Waals surface area contributed by atoms with Crippen LogP contribution in [0.15, 0.2) is 4.76 Å². The SMILES string of the molecule is CN(C)C(N)=NP(C)(C)=O. The van der Waals surface area contributed by atoms with Crippen LogP contribution in [0.5, 0.6) is 0 Å². The topological polar surface area (TPSA) is 58.7 Å². The Kier molecular flexibility index (Phi) is 2.91. The van der Waals surface area contributed by atoms with Gasteiger partial charge in [0.1, 0.15) is 0 Å². The van der Waals surface area contributed by atoms with Gasteiger partial charge in [0.25, 0.3) is 0 Å². The highest BCUT2D eigenvalue weighted by Crippen LogP contribution is 2.37. The molecule has 0 aliphatic rings. The highest BCUT2D eigenvalue weighted by Gasteiger charge is 2.04. The number of hydrogen-bond acceptors (Lipinski definition) is 1. The summed E-state index contributed by atoms with van der Waals surface area (Å²) >= 11 is 0. The van der Waals surface area contributed by atoms with Gasteiger partial charge in [0, 0.05) is 27.4 Å². The fraction of sp³-hybridized carbons (Fsp3) is 0.800. The minimum Gasteiger partial charge on any atom is -0.370 e. The molecular weight excluding hydrogens is 149 g/mol. The lowest BCUT2D eigenvalue weighted by atomic mass is 10.8. The van der Waals surface area contributed by atoms with Gasteiger partial charge in [-0.05, 0) is 0 Å². The summed E-state index contributed by atoms with van der Waals surface area (Å²) in [5, 5.41) is 0. The first-order chi connectivity index (χ1) is 4.33. The first kappa shape index (κ1) is 9.50. The summed E-state index contributed by atoms with van der Waals surface area (Å²) in [5.41, 5.74) is 5.41. The molecule has 0 heterocycles. The highest BCUT2D eigenvalue weighted by atomic mass is 31.2. The highest BCUT2D eigenvalue weighted by molar-refractivity contribution is 7.61. The van der Waals surface area contributed by atoms with Crippen LogP contribution in [0.3, 0.4) is 0 Å². The summed E-state index contributed by atoms with van der Waals surface area (Å²) in [4.78, 5) is 1.62. The zero-order chi connectivity index (χ0) is 8.36. The van der Waals surface area contributed by atoms with Crippen molar-refractivity contribution < 1.29 is 4.57 Å². The van der Waals surface area contributed by atoms with Crippen LogP contribution in [0.1, 0.15) is 0 Å². The van der Waals surface area contributed by atoms with Crippen LogP contribution in [0.4, 0.5) is 0 Å². The fourth-order valence-corrected chi connectivity index (χ4v) is 1.01. The third-order valence-corrected chi connectivity index (χ3v) is 1.49. The third kappa shape index (κ3) is 4.39. The molecule has 4 nitrogen and oxygen atoms in total. The molecule has 0 rings (SSSR count). The molecule has 0 spiro atoms. The standard InChI is InChI=1S/C5H14N3OP/c1-8(2)5(6)7-10(3,4)9/h1-4H3,(H2,6,7,9). The molecule has 5 heteroatoms. The van der Waals surface area contributed by atoms with Crippen LogP contribution in [-0.4, -0.2) is 38.3 Å². The molecule has 0 aromatic heterocycles. The predicted octanol–water partition coefficient (Wildman–Crippen LogP) is 0.400. The van der Waals surface area contributed by atoms with Crippen molar-refractivity contribution in [1.29, 1.82) is 0 Å². The molecule has 0 bridgehead atoms. The van der Waals surface area contributed by atoms with E-state index in [0.29, 0.717) is 5.96 Å². The van der Waals surface area contributed by atoms with Gasteiger partial charge in [-0.15, -0.1) is 0 Å². The van der Waals surface area contributed by atoms with Gasteiger partial charge in [-0.1, -0.05) is 0 Å². The van der Waals surface area contributed by atoms with Gasteiger partial charge in [-0.25, -0.2) is 0 Å². The van der Waals surface area contributed by atoms with Crippen molar-refractivity contribution in [3.8, 4) is 0 Å². The Balaban J connectivity index is 4.33. The zero-order valence-electron chi connectivity index (χ0n) is 6.83. The molecule has 0 amide bonds. The van der Waals surface area contributed by atoms with Gasteiger partial charge in [-0.3, -0.25) is 4.57 Å². The third-order valence-electron chi connectivity index (χ3n) is 0.801. The van der Waals surface area contributed by atoms with Crippen LogP contribution in [0.25, 0.3) is 0 Å². The van der Waals surface area contributed by atoms with E-state index in [4.69, 9.17) is 5.73 Å². The average Bonchev–Trinajstić information content (AvgIpc) is 1.60. The second kappa shape index (κ2) is 3.06. The van der Waals surface area contributed by atoms with Gasteiger partial charge < -0.3 is 10.6 Å². The van der Waals surface area contributed by atoms with E-state index in [2.05, 4.69) is 4.76 Å². The lowest BCUT2D eigenvalue weighted by Gasteiger charge is -2.11. The molecule has 0 saturated carbocycles. The molecule has 0 saturated heterocycles. The molecule has 0 fully saturated rings. The number of hydrogen-bond donors (Lipinski definition) is 1. The maximum Gasteiger partial charge on any atom is 0.197 e.